The minimum Gasteiger partial charge on any atom is -0.491 e. The van der Waals surface area contributed by atoms with Crippen LogP contribution >= 0.6 is 0 Å². The van der Waals surface area contributed by atoms with Crippen LogP contribution in [0.15, 0.2) is 48.5 Å². The molecule has 0 aliphatic carbocycles. The van der Waals surface area contributed by atoms with Crippen molar-refractivity contribution in [3.05, 3.63) is 65.5 Å². The lowest BCUT2D eigenvalue weighted by atomic mass is 9.97. The molecule has 0 unspecified atom stereocenters. The van der Waals surface area contributed by atoms with Crippen LogP contribution in [0, 0.1) is 5.82 Å². The van der Waals surface area contributed by atoms with E-state index in [1.807, 2.05) is 42.2 Å². The summed E-state index contributed by atoms with van der Waals surface area (Å²) in [7, 11) is 0. The third-order valence-corrected chi connectivity index (χ3v) is 5.64. The van der Waals surface area contributed by atoms with Gasteiger partial charge in [0.2, 0.25) is 11.8 Å². The van der Waals surface area contributed by atoms with Crippen LogP contribution in [0.25, 0.3) is 0 Å². The highest BCUT2D eigenvalue weighted by Gasteiger charge is 2.31. The van der Waals surface area contributed by atoms with Crippen LogP contribution in [-0.4, -0.2) is 61.7 Å². The second-order valence-corrected chi connectivity index (χ2v) is 8.43. The molecule has 0 spiro atoms. The zero-order valence-corrected chi connectivity index (χ0v) is 19.9. The fourth-order valence-electron chi connectivity index (χ4n) is 4.17. The van der Waals surface area contributed by atoms with Gasteiger partial charge in [-0.3, -0.25) is 9.59 Å². The Labute approximate surface area is 200 Å². The number of nitrogens with zero attached hydrogens (tertiary/aromatic N) is 1. The largest absolute Gasteiger partial charge is 0.491 e. The van der Waals surface area contributed by atoms with Crippen molar-refractivity contribution in [3.63, 3.8) is 0 Å². The number of hydrogen-bond acceptors (Lipinski definition) is 5. The van der Waals surface area contributed by atoms with Gasteiger partial charge in [0.15, 0.2) is 0 Å². The Hall–Kier alpha value is -2.97. The average Bonchev–Trinajstić information content (AvgIpc) is 2.79. The lowest BCUT2D eigenvalue weighted by Crippen LogP contribution is -2.56. The van der Waals surface area contributed by atoms with Gasteiger partial charge in [0.25, 0.3) is 0 Å². The Balaban J connectivity index is 1.65. The molecule has 1 aliphatic rings. The van der Waals surface area contributed by atoms with Crippen LogP contribution < -0.4 is 15.4 Å². The Kier molecular flexibility index (Phi) is 9.85. The molecule has 8 heteroatoms. The van der Waals surface area contributed by atoms with Crippen molar-refractivity contribution >= 4 is 11.8 Å². The summed E-state index contributed by atoms with van der Waals surface area (Å²) in [6, 6.07) is 13.6. The van der Waals surface area contributed by atoms with E-state index >= 15 is 0 Å². The number of halogens is 1. The number of carbonyl (C=O) groups excluding carboxylic acids is 2. The molecular formula is C26H34FN3O4. The fraction of sp³-hybridized carbons (Fsp3) is 0.462. The van der Waals surface area contributed by atoms with E-state index in [2.05, 4.69) is 10.6 Å². The molecule has 2 atom stereocenters. The van der Waals surface area contributed by atoms with Crippen molar-refractivity contribution in [2.24, 2.45) is 0 Å². The van der Waals surface area contributed by atoms with E-state index in [9.17, 15) is 14.0 Å². The van der Waals surface area contributed by atoms with E-state index in [-0.39, 0.29) is 17.9 Å². The fourth-order valence-corrected chi connectivity index (χ4v) is 4.17. The highest BCUT2D eigenvalue weighted by Crippen LogP contribution is 2.20. The lowest BCUT2D eigenvalue weighted by Gasteiger charge is -2.35. The van der Waals surface area contributed by atoms with Crippen LogP contribution in [0.4, 0.5) is 4.39 Å². The molecule has 0 saturated carbocycles. The molecule has 184 valence electrons. The Morgan fingerprint density at radius 2 is 2.00 bits per heavy atom. The van der Waals surface area contributed by atoms with Crippen molar-refractivity contribution in [1.29, 1.82) is 0 Å². The molecule has 34 heavy (non-hydrogen) atoms. The summed E-state index contributed by atoms with van der Waals surface area (Å²) >= 11 is 0. The Morgan fingerprint density at radius 3 is 2.74 bits per heavy atom. The van der Waals surface area contributed by atoms with E-state index in [1.165, 1.54) is 19.1 Å². The van der Waals surface area contributed by atoms with Crippen molar-refractivity contribution in [1.82, 2.24) is 15.5 Å². The van der Waals surface area contributed by atoms with Gasteiger partial charge in [0.05, 0.1) is 12.6 Å². The number of benzene rings is 2. The summed E-state index contributed by atoms with van der Waals surface area (Å²) in [5.41, 5.74) is 1.76. The van der Waals surface area contributed by atoms with Gasteiger partial charge in [-0.05, 0) is 43.0 Å². The topological polar surface area (TPSA) is 79.9 Å². The second kappa shape index (κ2) is 13.1. The van der Waals surface area contributed by atoms with Gasteiger partial charge in [-0.25, -0.2) is 4.39 Å². The van der Waals surface area contributed by atoms with Crippen LogP contribution in [0.1, 0.15) is 31.4 Å². The second-order valence-electron chi connectivity index (χ2n) is 8.43. The molecule has 1 aliphatic heterocycles. The standard InChI is InChI=1S/C26H34FN3O4/c1-3-33-11-12-34-24-15-21(13-22(27)16-24)14-23(29-19(2)31)17-25-26(32)30(10-9-28-25)18-20-7-5-4-6-8-20/h4-8,13,15-16,23,25,28H,3,9-12,14,17-18H2,1-2H3,(H,29,31)/t23-,25-/m0/s1. The van der Waals surface area contributed by atoms with Gasteiger partial charge >= 0.3 is 0 Å². The molecule has 0 bridgehead atoms. The average molecular weight is 472 g/mol. The minimum absolute atomic E-state index is 0.00430. The van der Waals surface area contributed by atoms with Crippen LogP contribution in [0.2, 0.25) is 0 Å². The van der Waals surface area contributed by atoms with Gasteiger partial charge in [-0.15, -0.1) is 0 Å². The van der Waals surface area contributed by atoms with Gasteiger partial charge in [0, 0.05) is 45.3 Å². The number of ether oxygens (including phenoxy) is 2. The first-order valence-electron chi connectivity index (χ1n) is 11.8. The maximum absolute atomic E-state index is 14.2. The first kappa shape index (κ1) is 25.6. The van der Waals surface area contributed by atoms with Crippen LogP contribution in [-0.2, 0) is 27.3 Å². The highest BCUT2D eigenvalue weighted by atomic mass is 19.1. The summed E-state index contributed by atoms with van der Waals surface area (Å²) in [4.78, 5) is 26.9. The van der Waals surface area contributed by atoms with Crippen molar-refractivity contribution in [3.8, 4) is 5.75 Å². The molecule has 0 radical (unpaired) electrons. The van der Waals surface area contributed by atoms with Gasteiger partial charge in [-0.1, -0.05) is 30.3 Å². The third-order valence-electron chi connectivity index (χ3n) is 5.64. The Morgan fingerprint density at radius 1 is 1.21 bits per heavy atom. The summed E-state index contributed by atoms with van der Waals surface area (Å²) in [6.07, 6.45) is 0.782. The molecule has 1 fully saturated rings. The number of hydrogen-bond donors (Lipinski definition) is 2. The van der Waals surface area contributed by atoms with E-state index in [4.69, 9.17) is 9.47 Å². The number of piperazine rings is 1. The zero-order valence-electron chi connectivity index (χ0n) is 19.9. The number of amides is 2. The molecular weight excluding hydrogens is 437 g/mol. The number of carbonyl (C=O) groups is 2. The summed E-state index contributed by atoms with van der Waals surface area (Å²) in [5.74, 6) is -0.188. The molecule has 1 heterocycles. The van der Waals surface area contributed by atoms with E-state index in [0.717, 1.165) is 5.56 Å². The lowest BCUT2D eigenvalue weighted by molar-refractivity contribution is -0.137. The molecule has 2 N–H and O–H groups in total. The summed E-state index contributed by atoms with van der Waals surface area (Å²) in [6.45, 7) is 6.53. The first-order chi connectivity index (χ1) is 16.4. The van der Waals surface area contributed by atoms with Crippen molar-refractivity contribution in [2.45, 2.75) is 45.3 Å². The predicted octanol–water partition coefficient (Wildman–Crippen LogP) is 2.68. The molecule has 2 amide bonds. The Bertz CT molecular complexity index is 941. The SMILES string of the molecule is CCOCCOc1cc(F)cc(C[C@@H](C[C@@H]2NCCN(Cc3ccccc3)C2=O)NC(C)=O)c1. The van der Waals surface area contributed by atoms with E-state index < -0.39 is 11.9 Å². The highest BCUT2D eigenvalue weighted by molar-refractivity contribution is 5.83. The maximum atomic E-state index is 14.2. The molecule has 1 saturated heterocycles. The number of rotatable bonds is 12. The van der Waals surface area contributed by atoms with Crippen LogP contribution in [0.5, 0.6) is 5.75 Å². The molecule has 7 nitrogen and oxygen atoms in total. The molecule has 2 aromatic rings. The van der Waals surface area contributed by atoms with Gasteiger partial charge in [-0.2, -0.15) is 0 Å². The normalized spacial score (nSPS) is 16.9. The monoisotopic (exact) mass is 471 g/mol. The van der Waals surface area contributed by atoms with Crippen molar-refractivity contribution < 1.29 is 23.5 Å². The molecule has 0 aromatic heterocycles. The van der Waals surface area contributed by atoms with Crippen LogP contribution in [0.3, 0.4) is 0 Å². The first-order valence-corrected chi connectivity index (χ1v) is 11.8. The van der Waals surface area contributed by atoms with Gasteiger partial charge < -0.3 is 25.0 Å². The molecule has 3 rings (SSSR count). The van der Waals surface area contributed by atoms with E-state index in [0.29, 0.717) is 63.6 Å². The zero-order chi connectivity index (χ0) is 24.3. The van der Waals surface area contributed by atoms with Gasteiger partial charge in [0.1, 0.15) is 18.2 Å². The van der Waals surface area contributed by atoms with E-state index in [1.54, 1.807) is 6.07 Å². The maximum Gasteiger partial charge on any atom is 0.240 e. The van der Waals surface area contributed by atoms with Crippen molar-refractivity contribution in [2.75, 3.05) is 32.9 Å². The predicted molar refractivity (Wildman–Crippen MR) is 128 cm³/mol. The minimum atomic E-state index is -0.426. The summed E-state index contributed by atoms with van der Waals surface area (Å²) in [5, 5.41) is 6.21. The third kappa shape index (κ3) is 8.11. The number of nitrogens with one attached hydrogen (secondary N) is 2. The summed E-state index contributed by atoms with van der Waals surface area (Å²) < 4.78 is 25.1. The smallest absolute Gasteiger partial charge is 0.240 e. The quantitative estimate of drug-likeness (QED) is 0.466. The molecule has 2 aromatic carbocycles.